The topological polar surface area (TPSA) is 84.7 Å². The van der Waals surface area contributed by atoms with Crippen LogP contribution >= 0.6 is 0 Å². The van der Waals surface area contributed by atoms with E-state index in [-0.39, 0.29) is 36.1 Å². The first kappa shape index (κ1) is 19.5. The van der Waals surface area contributed by atoms with E-state index in [4.69, 9.17) is 9.15 Å². The maximum atomic E-state index is 12.9. The second kappa shape index (κ2) is 8.51. The molecule has 0 bridgehead atoms. The number of hydrogen-bond donors (Lipinski definition) is 1. The fourth-order valence-corrected chi connectivity index (χ4v) is 2.38. The van der Waals surface area contributed by atoms with Crippen molar-refractivity contribution >= 4 is 11.8 Å². The molecular formula is C19H25N3O4. The molecule has 2 rings (SSSR count). The highest BCUT2D eigenvalue weighted by Crippen LogP contribution is 2.17. The van der Waals surface area contributed by atoms with Crippen LogP contribution in [0.4, 0.5) is 0 Å². The van der Waals surface area contributed by atoms with E-state index < -0.39 is 0 Å². The summed E-state index contributed by atoms with van der Waals surface area (Å²) in [6.07, 6.45) is 1.31. The van der Waals surface area contributed by atoms with Gasteiger partial charge in [-0.15, -0.1) is 0 Å². The fraction of sp³-hybridized carbons (Fsp3) is 0.421. The molecule has 0 unspecified atom stereocenters. The third-order valence-corrected chi connectivity index (χ3v) is 3.71. The van der Waals surface area contributed by atoms with E-state index in [1.807, 2.05) is 27.7 Å². The number of methoxy groups -OCH3 is 1. The number of hydrogen-bond acceptors (Lipinski definition) is 5. The zero-order valence-electron chi connectivity index (χ0n) is 15.8. The number of nitrogens with one attached hydrogen (secondary N) is 1. The van der Waals surface area contributed by atoms with Gasteiger partial charge in [0.15, 0.2) is 5.69 Å². The van der Waals surface area contributed by atoms with Crippen molar-refractivity contribution in [1.82, 2.24) is 15.2 Å². The molecule has 7 heteroatoms. The van der Waals surface area contributed by atoms with E-state index in [1.165, 1.54) is 6.26 Å². The molecule has 0 atom stereocenters. The molecular weight excluding hydrogens is 334 g/mol. The van der Waals surface area contributed by atoms with Crippen LogP contribution < -0.4 is 10.1 Å². The van der Waals surface area contributed by atoms with Crippen molar-refractivity contribution in [2.75, 3.05) is 7.11 Å². The maximum absolute atomic E-state index is 12.9. The van der Waals surface area contributed by atoms with Crippen LogP contribution in [0.15, 0.2) is 34.9 Å². The number of nitrogens with zero attached hydrogens (tertiary/aromatic N) is 2. The van der Waals surface area contributed by atoms with Gasteiger partial charge in [-0.1, -0.05) is 6.07 Å². The van der Waals surface area contributed by atoms with Crippen LogP contribution in [0.5, 0.6) is 5.75 Å². The molecule has 26 heavy (non-hydrogen) atoms. The first-order chi connectivity index (χ1) is 12.3. The average Bonchev–Trinajstić information content (AvgIpc) is 3.07. The van der Waals surface area contributed by atoms with Crippen molar-refractivity contribution in [3.8, 4) is 5.75 Å². The summed E-state index contributed by atoms with van der Waals surface area (Å²) >= 11 is 0. The molecule has 0 aliphatic heterocycles. The van der Waals surface area contributed by atoms with Gasteiger partial charge in [0.25, 0.3) is 11.8 Å². The molecule has 2 amide bonds. The zero-order chi connectivity index (χ0) is 19.3. The van der Waals surface area contributed by atoms with Crippen molar-refractivity contribution in [3.05, 3.63) is 47.7 Å². The lowest BCUT2D eigenvalue weighted by atomic mass is 10.1. The molecule has 0 spiro atoms. The number of amides is 2. The van der Waals surface area contributed by atoms with Crippen LogP contribution in [-0.4, -0.2) is 40.9 Å². The van der Waals surface area contributed by atoms with E-state index in [0.29, 0.717) is 17.2 Å². The Morgan fingerprint density at radius 1 is 1.27 bits per heavy atom. The summed E-state index contributed by atoms with van der Waals surface area (Å²) in [7, 11) is 1.56. The van der Waals surface area contributed by atoms with E-state index in [2.05, 4.69) is 10.3 Å². The Kier molecular flexibility index (Phi) is 6.38. The summed E-state index contributed by atoms with van der Waals surface area (Å²) in [5.74, 6) is 0.461. The summed E-state index contributed by atoms with van der Waals surface area (Å²) in [5, 5.41) is 2.75. The minimum Gasteiger partial charge on any atom is -0.497 e. The molecule has 1 aromatic heterocycles. The normalized spacial score (nSPS) is 10.9. The van der Waals surface area contributed by atoms with Crippen LogP contribution in [0.25, 0.3) is 0 Å². The van der Waals surface area contributed by atoms with Gasteiger partial charge in [-0.3, -0.25) is 9.59 Å². The van der Waals surface area contributed by atoms with Gasteiger partial charge in [0.05, 0.1) is 13.7 Å². The number of oxazole rings is 1. The van der Waals surface area contributed by atoms with Gasteiger partial charge < -0.3 is 19.4 Å². The van der Waals surface area contributed by atoms with Crippen molar-refractivity contribution in [2.24, 2.45) is 0 Å². The van der Waals surface area contributed by atoms with Crippen molar-refractivity contribution < 1.29 is 18.7 Å². The largest absolute Gasteiger partial charge is 0.497 e. The van der Waals surface area contributed by atoms with E-state index in [0.717, 1.165) is 0 Å². The summed E-state index contributed by atoms with van der Waals surface area (Å²) in [6.45, 7) is 7.72. The quantitative estimate of drug-likeness (QED) is 0.822. The lowest BCUT2D eigenvalue weighted by Crippen LogP contribution is -2.36. The molecule has 0 radical (unpaired) electrons. The van der Waals surface area contributed by atoms with Gasteiger partial charge in [0, 0.05) is 17.6 Å². The highest BCUT2D eigenvalue weighted by atomic mass is 16.5. The number of ether oxygens (including phenoxy) is 1. The van der Waals surface area contributed by atoms with Crippen molar-refractivity contribution in [3.63, 3.8) is 0 Å². The Morgan fingerprint density at radius 3 is 2.62 bits per heavy atom. The van der Waals surface area contributed by atoms with Gasteiger partial charge in [0.2, 0.25) is 5.89 Å². The van der Waals surface area contributed by atoms with Crippen molar-refractivity contribution in [1.29, 1.82) is 0 Å². The number of rotatable bonds is 7. The lowest BCUT2D eigenvalue weighted by molar-refractivity contribution is 0.0671. The number of carbonyl (C=O) groups excluding carboxylic acids is 2. The van der Waals surface area contributed by atoms with E-state index in [1.54, 1.807) is 36.3 Å². The smallest absolute Gasteiger partial charge is 0.273 e. The van der Waals surface area contributed by atoms with Gasteiger partial charge in [-0.05, 0) is 45.9 Å². The Morgan fingerprint density at radius 2 is 2.00 bits per heavy atom. The zero-order valence-corrected chi connectivity index (χ0v) is 15.8. The van der Waals surface area contributed by atoms with Crippen LogP contribution in [0, 0.1) is 0 Å². The summed E-state index contributed by atoms with van der Waals surface area (Å²) in [4.78, 5) is 30.7. The Labute approximate surface area is 153 Å². The molecule has 0 aliphatic carbocycles. The minimum atomic E-state index is -0.301. The standard InChI is InChI=1S/C19H25N3O4/c1-12(2)20-18(23)16-11-26-17(21-16)10-22(13(3)4)19(24)14-7-6-8-15(9-14)25-5/h6-9,11-13H,10H2,1-5H3,(H,20,23). The third-order valence-electron chi connectivity index (χ3n) is 3.71. The molecule has 0 aliphatic rings. The van der Waals surface area contributed by atoms with Crippen molar-refractivity contribution in [2.45, 2.75) is 46.3 Å². The Balaban J connectivity index is 2.17. The van der Waals surface area contributed by atoms with Crippen LogP contribution in [0.3, 0.4) is 0 Å². The number of benzene rings is 1. The summed E-state index contributed by atoms with van der Waals surface area (Å²) < 4.78 is 10.6. The molecule has 2 aromatic rings. The molecule has 1 aromatic carbocycles. The van der Waals surface area contributed by atoms with E-state index >= 15 is 0 Å². The first-order valence-electron chi connectivity index (χ1n) is 8.52. The molecule has 1 heterocycles. The van der Waals surface area contributed by atoms with E-state index in [9.17, 15) is 9.59 Å². The Bertz CT molecular complexity index is 768. The molecule has 0 saturated heterocycles. The highest BCUT2D eigenvalue weighted by molar-refractivity contribution is 5.95. The van der Waals surface area contributed by atoms with Crippen LogP contribution in [0.2, 0.25) is 0 Å². The maximum Gasteiger partial charge on any atom is 0.273 e. The summed E-state index contributed by atoms with van der Waals surface area (Å²) in [6, 6.07) is 6.90. The number of aromatic nitrogens is 1. The lowest BCUT2D eigenvalue weighted by Gasteiger charge is -2.25. The predicted molar refractivity (Wildman–Crippen MR) is 97.1 cm³/mol. The Hall–Kier alpha value is -2.83. The summed E-state index contributed by atoms with van der Waals surface area (Å²) in [5.41, 5.74) is 0.716. The second-order valence-electron chi connectivity index (χ2n) is 6.51. The van der Waals surface area contributed by atoms with Gasteiger partial charge in [0.1, 0.15) is 12.0 Å². The molecule has 140 valence electrons. The van der Waals surface area contributed by atoms with Gasteiger partial charge in [-0.25, -0.2) is 4.98 Å². The average molecular weight is 359 g/mol. The minimum absolute atomic E-state index is 0.00412. The van der Waals surface area contributed by atoms with Crippen LogP contribution in [-0.2, 0) is 6.54 Å². The highest BCUT2D eigenvalue weighted by Gasteiger charge is 2.22. The fourth-order valence-electron chi connectivity index (χ4n) is 2.38. The second-order valence-corrected chi connectivity index (χ2v) is 6.51. The van der Waals surface area contributed by atoms with Gasteiger partial charge in [-0.2, -0.15) is 0 Å². The monoisotopic (exact) mass is 359 g/mol. The molecule has 1 N–H and O–H groups in total. The third kappa shape index (κ3) is 4.84. The van der Waals surface area contributed by atoms with Gasteiger partial charge >= 0.3 is 0 Å². The van der Waals surface area contributed by atoms with Crippen LogP contribution in [0.1, 0.15) is 54.4 Å². The number of carbonyl (C=O) groups is 2. The molecule has 0 saturated carbocycles. The predicted octanol–water partition coefficient (Wildman–Crippen LogP) is 2.87. The first-order valence-corrected chi connectivity index (χ1v) is 8.52. The molecule has 7 nitrogen and oxygen atoms in total. The SMILES string of the molecule is COc1cccc(C(=O)N(Cc2nc(C(=O)NC(C)C)co2)C(C)C)c1. The molecule has 0 fully saturated rings.